The summed E-state index contributed by atoms with van der Waals surface area (Å²) < 4.78 is 26.1. The molecule has 0 aliphatic rings. The van der Waals surface area contributed by atoms with Gasteiger partial charge in [0.2, 0.25) is 0 Å². The summed E-state index contributed by atoms with van der Waals surface area (Å²) in [6.07, 6.45) is 0. The number of aliphatic hydroxyl groups excluding tert-OH is 1. The summed E-state index contributed by atoms with van der Waals surface area (Å²) in [5.41, 5.74) is 0.503. The van der Waals surface area contributed by atoms with Gasteiger partial charge in [0, 0.05) is 11.1 Å². The predicted molar refractivity (Wildman–Crippen MR) is 44.1 cm³/mol. The SMILES string of the molecule is OCc1cc2c(F)ccc(F)c2[nH]1. The number of hydrogen-bond donors (Lipinski definition) is 2. The third kappa shape index (κ3) is 1.19. The lowest BCUT2D eigenvalue weighted by molar-refractivity contribution is 0.278. The molecule has 2 rings (SSSR count). The Balaban J connectivity index is 2.80. The van der Waals surface area contributed by atoms with Gasteiger partial charge in [0.25, 0.3) is 0 Å². The summed E-state index contributed by atoms with van der Waals surface area (Å²) in [7, 11) is 0. The molecule has 0 aliphatic carbocycles. The number of H-pyrrole nitrogens is 1. The number of rotatable bonds is 1. The van der Waals surface area contributed by atoms with Crippen LogP contribution in [0.3, 0.4) is 0 Å². The summed E-state index contributed by atoms with van der Waals surface area (Å²) in [6, 6.07) is 3.51. The van der Waals surface area contributed by atoms with Crippen LogP contribution in [0.2, 0.25) is 0 Å². The fourth-order valence-electron chi connectivity index (χ4n) is 1.29. The lowest BCUT2D eigenvalue weighted by Gasteiger charge is -1.92. The van der Waals surface area contributed by atoms with E-state index in [4.69, 9.17) is 5.11 Å². The Hall–Kier alpha value is -1.42. The van der Waals surface area contributed by atoms with Crippen LogP contribution in [0.25, 0.3) is 10.9 Å². The molecule has 2 nitrogen and oxygen atoms in total. The standard InChI is InChI=1S/C9H7F2NO/c10-7-1-2-8(11)9-6(7)3-5(4-13)12-9/h1-3,12-13H,4H2. The van der Waals surface area contributed by atoms with E-state index in [0.29, 0.717) is 5.69 Å². The zero-order valence-corrected chi connectivity index (χ0v) is 6.64. The minimum absolute atomic E-state index is 0.101. The highest BCUT2D eigenvalue weighted by atomic mass is 19.1. The molecule has 0 saturated heterocycles. The molecule has 13 heavy (non-hydrogen) atoms. The minimum atomic E-state index is -0.517. The molecule has 1 aromatic heterocycles. The molecule has 1 heterocycles. The Morgan fingerprint density at radius 3 is 2.54 bits per heavy atom. The Labute approximate surface area is 72.8 Å². The summed E-state index contributed by atoms with van der Waals surface area (Å²) in [5, 5.41) is 8.91. The number of halogens is 2. The maximum absolute atomic E-state index is 13.0. The van der Waals surface area contributed by atoms with Gasteiger partial charge in [0.15, 0.2) is 0 Å². The van der Waals surface area contributed by atoms with Crippen LogP contribution in [-0.2, 0) is 6.61 Å². The lowest BCUT2D eigenvalue weighted by atomic mass is 10.2. The molecule has 0 spiro atoms. The van der Waals surface area contributed by atoms with Gasteiger partial charge in [-0.15, -0.1) is 0 Å². The monoisotopic (exact) mass is 183 g/mol. The molecule has 0 bridgehead atoms. The fourth-order valence-corrected chi connectivity index (χ4v) is 1.29. The van der Waals surface area contributed by atoms with Gasteiger partial charge in [0.1, 0.15) is 11.6 Å². The Morgan fingerprint density at radius 1 is 1.23 bits per heavy atom. The number of fused-ring (bicyclic) bond motifs is 1. The first-order chi connectivity index (χ1) is 6.22. The molecule has 0 atom stereocenters. The minimum Gasteiger partial charge on any atom is -0.390 e. The third-order valence-electron chi connectivity index (χ3n) is 1.92. The van der Waals surface area contributed by atoms with Crippen molar-refractivity contribution in [3.63, 3.8) is 0 Å². The molecule has 0 unspecified atom stereocenters. The van der Waals surface area contributed by atoms with Crippen LogP contribution in [0, 0.1) is 11.6 Å². The van der Waals surface area contributed by atoms with Crippen molar-refractivity contribution in [1.29, 1.82) is 0 Å². The smallest absolute Gasteiger partial charge is 0.147 e. The van der Waals surface area contributed by atoms with Crippen LogP contribution >= 0.6 is 0 Å². The van der Waals surface area contributed by atoms with Gasteiger partial charge in [-0.25, -0.2) is 8.78 Å². The number of benzene rings is 1. The van der Waals surface area contributed by atoms with Gasteiger partial charge in [0.05, 0.1) is 12.1 Å². The average molecular weight is 183 g/mol. The molecular weight excluding hydrogens is 176 g/mol. The third-order valence-corrected chi connectivity index (χ3v) is 1.92. The van der Waals surface area contributed by atoms with Gasteiger partial charge in [-0.05, 0) is 18.2 Å². The lowest BCUT2D eigenvalue weighted by Crippen LogP contribution is -1.82. The van der Waals surface area contributed by atoms with E-state index in [9.17, 15) is 8.78 Å². The summed E-state index contributed by atoms with van der Waals surface area (Å²) >= 11 is 0. The molecule has 0 amide bonds. The Bertz CT molecular complexity index is 411. The summed E-state index contributed by atoms with van der Waals surface area (Å²) in [6.45, 7) is -0.256. The molecule has 0 radical (unpaired) electrons. The summed E-state index contributed by atoms with van der Waals surface area (Å²) in [5.74, 6) is -1.01. The van der Waals surface area contributed by atoms with E-state index < -0.39 is 11.6 Å². The van der Waals surface area contributed by atoms with Crippen molar-refractivity contribution in [3.05, 3.63) is 35.5 Å². The van der Waals surface area contributed by atoms with Crippen LogP contribution in [0.1, 0.15) is 5.69 Å². The van der Waals surface area contributed by atoms with Crippen molar-refractivity contribution in [2.24, 2.45) is 0 Å². The molecule has 1 aromatic carbocycles. The van der Waals surface area contributed by atoms with Crippen LogP contribution in [0.4, 0.5) is 8.78 Å². The van der Waals surface area contributed by atoms with Crippen molar-refractivity contribution in [1.82, 2.24) is 4.98 Å². The van der Waals surface area contributed by atoms with E-state index in [0.717, 1.165) is 12.1 Å². The van der Waals surface area contributed by atoms with E-state index in [1.54, 1.807) is 0 Å². The molecule has 0 fully saturated rings. The van der Waals surface area contributed by atoms with Crippen molar-refractivity contribution >= 4 is 10.9 Å². The van der Waals surface area contributed by atoms with Crippen LogP contribution in [-0.4, -0.2) is 10.1 Å². The van der Waals surface area contributed by atoms with Gasteiger partial charge >= 0.3 is 0 Å². The van der Waals surface area contributed by atoms with Crippen LogP contribution in [0.5, 0.6) is 0 Å². The molecule has 2 aromatic rings. The largest absolute Gasteiger partial charge is 0.390 e. The van der Waals surface area contributed by atoms with E-state index in [2.05, 4.69) is 4.98 Å². The Kier molecular flexibility index (Phi) is 1.77. The first-order valence-electron chi connectivity index (χ1n) is 3.79. The topological polar surface area (TPSA) is 36.0 Å². The number of hydrogen-bond acceptors (Lipinski definition) is 1. The second-order valence-corrected chi connectivity index (χ2v) is 2.77. The quantitative estimate of drug-likeness (QED) is 0.696. The molecule has 68 valence electrons. The molecule has 0 saturated carbocycles. The van der Waals surface area contributed by atoms with Crippen LogP contribution in [0.15, 0.2) is 18.2 Å². The maximum atomic E-state index is 13.0. The van der Waals surface area contributed by atoms with Crippen LogP contribution < -0.4 is 0 Å². The molecular formula is C9H7F2NO. The Morgan fingerprint density at radius 2 is 1.92 bits per heavy atom. The van der Waals surface area contributed by atoms with Crippen molar-refractivity contribution in [2.45, 2.75) is 6.61 Å². The second kappa shape index (κ2) is 2.81. The number of aromatic amines is 1. The normalized spacial score (nSPS) is 11.0. The van der Waals surface area contributed by atoms with Gasteiger partial charge in [-0.3, -0.25) is 0 Å². The number of nitrogens with one attached hydrogen (secondary N) is 1. The maximum Gasteiger partial charge on any atom is 0.147 e. The zero-order chi connectivity index (χ0) is 9.42. The summed E-state index contributed by atoms with van der Waals surface area (Å²) in [4.78, 5) is 2.59. The van der Waals surface area contributed by atoms with E-state index in [-0.39, 0.29) is 17.5 Å². The highest BCUT2D eigenvalue weighted by Gasteiger charge is 2.08. The van der Waals surface area contributed by atoms with Gasteiger partial charge < -0.3 is 10.1 Å². The van der Waals surface area contributed by atoms with E-state index >= 15 is 0 Å². The highest BCUT2D eigenvalue weighted by molar-refractivity contribution is 5.81. The predicted octanol–water partition coefficient (Wildman–Crippen LogP) is 1.94. The van der Waals surface area contributed by atoms with Crippen molar-refractivity contribution in [2.75, 3.05) is 0 Å². The fraction of sp³-hybridized carbons (Fsp3) is 0.111. The van der Waals surface area contributed by atoms with Gasteiger partial charge in [-0.2, -0.15) is 0 Å². The molecule has 2 N–H and O–H groups in total. The molecule has 0 aliphatic heterocycles. The highest BCUT2D eigenvalue weighted by Crippen LogP contribution is 2.21. The van der Waals surface area contributed by atoms with E-state index in [1.807, 2.05) is 0 Å². The molecule has 4 heteroatoms. The zero-order valence-electron chi connectivity index (χ0n) is 6.64. The van der Waals surface area contributed by atoms with Crippen molar-refractivity contribution in [3.8, 4) is 0 Å². The average Bonchev–Trinajstić information content (AvgIpc) is 2.56. The number of aliphatic hydroxyl groups is 1. The first-order valence-corrected chi connectivity index (χ1v) is 3.79. The second-order valence-electron chi connectivity index (χ2n) is 2.77. The number of aromatic nitrogens is 1. The van der Waals surface area contributed by atoms with E-state index in [1.165, 1.54) is 6.07 Å². The van der Waals surface area contributed by atoms with Crippen molar-refractivity contribution < 1.29 is 13.9 Å². The van der Waals surface area contributed by atoms with Gasteiger partial charge in [-0.1, -0.05) is 0 Å². The first kappa shape index (κ1) is 8.19.